The van der Waals surface area contributed by atoms with E-state index in [1.54, 1.807) is 12.1 Å². The number of nitrogens with zero attached hydrogens (tertiary/aromatic N) is 1. The molecule has 0 saturated carbocycles. The van der Waals surface area contributed by atoms with Crippen LogP contribution in [0.1, 0.15) is 35.0 Å². The molecule has 1 aromatic heterocycles. The monoisotopic (exact) mass is 294 g/mol. The number of nitrogens with one attached hydrogen (secondary N) is 1. The number of carbonyl (C=O) groups is 1. The third-order valence-electron chi connectivity index (χ3n) is 2.71. The van der Waals surface area contributed by atoms with Crippen LogP contribution in [0.3, 0.4) is 0 Å². The molecule has 0 spiro atoms. The van der Waals surface area contributed by atoms with E-state index in [1.807, 2.05) is 18.4 Å². The molecule has 0 aliphatic heterocycles. The summed E-state index contributed by atoms with van der Waals surface area (Å²) < 4.78 is 0. The number of rotatable bonds is 4. The van der Waals surface area contributed by atoms with Gasteiger partial charge in [-0.15, -0.1) is 11.3 Å². The van der Waals surface area contributed by atoms with Crippen LogP contribution in [0.25, 0.3) is 0 Å². The zero-order valence-corrected chi connectivity index (χ0v) is 12.4. The largest absolute Gasteiger partial charge is 0.298 e. The molecule has 2 rings (SSSR count). The van der Waals surface area contributed by atoms with Gasteiger partial charge in [-0.3, -0.25) is 10.1 Å². The second-order valence-corrected chi connectivity index (χ2v) is 5.58. The molecule has 1 aromatic carbocycles. The Morgan fingerprint density at radius 3 is 2.95 bits per heavy atom. The Bertz CT molecular complexity index is 595. The van der Waals surface area contributed by atoms with Gasteiger partial charge in [-0.2, -0.15) is 0 Å². The zero-order valence-electron chi connectivity index (χ0n) is 10.9. The average Bonchev–Trinajstić information content (AvgIpc) is 2.80. The molecule has 0 aliphatic carbocycles. The normalized spacial score (nSPS) is 10.5. The molecule has 0 fully saturated rings. The quantitative estimate of drug-likeness (QED) is 0.913. The van der Waals surface area contributed by atoms with E-state index in [4.69, 9.17) is 11.6 Å². The minimum Gasteiger partial charge on any atom is -0.298 e. The van der Waals surface area contributed by atoms with Gasteiger partial charge in [0.15, 0.2) is 5.13 Å². The van der Waals surface area contributed by atoms with Gasteiger partial charge in [-0.1, -0.05) is 31.0 Å². The average molecular weight is 295 g/mol. The molecular formula is C14H15ClN2OS. The first-order valence-electron chi connectivity index (χ1n) is 6.12. The second kappa shape index (κ2) is 6.17. The van der Waals surface area contributed by atoms with Crippen molar-refractivity contribution in [3.05, 3.63) is 45.4 Å². The lowest BCUT2D eigenvalue weighted by Crippen LogP contribution is -2.11. The van der Waals surface area contributed by atoms with Gasteiger partial charge in [0.1, 0.15) is 0 Å². The molecule has 0 unspecified atom stereocenters. The lowest BCUT2D eigenvalue weighted by Gasteiger charge is -2.03. The van der Waals surface area contributed by atoms with Crippen LogP contribution in [0.15, 0.2) is 23.6 Å². The van der Waals surface area contributed by atoms with Crippen molar-refractivity contribution in [2.45, 2.75) is 26.7 Å². The number of hydrogen-bond donors (Lipinski definition) is 1. The molecule has 100 valence electrons. The maximum atomic E-state index is 12.0. The number of anilines is 1. The fourth-order valence-electron chi connectivity index (χ4n) is 1.64. The summed E-state index contributed by atoms with van der Waals surface area (Å²) in [6.07, 6.45) is 1.98. The molecule has 0 bridgehead atoms. The van der Waals surface area contributed by atoms with Gasteiger partial charge in [0.2, 0.25) is 0 Å². The van der Waals surface area contributed by atoms with Crippen molar-refractivity contribution in [2.24, 2.45) is 0 Å². The number of aryl methyl sites for hydroxylation is 2. The van der Waals surface area contributed by atoms with E-state index in [9.17, 15) is 4.79 Å². The first-order chi connectivity index (χ1) is 9.10. The molecule has 1 heterocycles. The molecule has 3 nitrogen and oxygen atoms in total. The SMILES string of the molecule is CCCc1csc(NC(=O)c2ccc(C)c(Cl)c2)n1. The maximum Gasteiger partial charge on any atom is 0.257 e. The van der Waals surface area contributed by atoms with Gasteiger partial charge in [0, 0.05) is 16.0 Å². The van der Waals surface area contributed by atoms with Gasteiger partial charge < -0.3 is 0 Å². The minimum absolute atomic E-state index is 0.181. The van der Waals surface area contributed by atoms with Crippen molar-refractivity contribution >= 4 is 34.0 Å². The molecular weight excluding hydrogens is 280 g/mol. The van der Waals surface area contributed by atoms with Crippen molar-refractivity contribution in [1.82, 2.24) is 4.98 Å². The van der Waals surface area contributed by atoms with Crippen LogP contribution in [-0.2, 0) is 6.42 Å². The highest BCUT2D eigenvalue weighted by Gasteiger charge is 2.10. The van der Waals surface area contributed by atoms with Crippen molar-refractivity contribution in [1.29, 1.82) is 0 Å². The number of aromatic nitrogens is 1. The number of halogens is 1. The lowest BCUT2D eigenvalue weighted by molar-refractivity contribution is 0.102. The van der Waals surface area contributed by atoms with Gasteiger partial charge in [-0.05, 0) is 31.0 Å². The summed E-state index contributed by atoms with van der Waals surface area (Å²) >= 11 is 7.46. The fourth-order valence-corrected chi connectivity index (χ4v) is 2.56. The van der Waals surface area contributed by atoms with Gasteiger partial charge in [0.05, 0.1) is 5.69 Å². The highest BCUT2D eigenvalue weighted by atomic mass is 35.5. The maximum absolute atomic E-state index is 12.0. The lowest BCUT2D eigenvalue weighted by atomic mass is 10.1. The molecule has 0 saturated heterocycles. The molecule has 5 heteroatoms. The van der Waals surface area contributed by atoms with Crippen LogP contribution in [0.5, 0.6) is 0 Å². The van der Waals surface area contributed by atoms with Crippen molar-refractivity contribution in [3.63, 3.8) is 0 Å². The van der Waals surface area contributed by atoms with Gasteiger partial charge in [0.25, 0.3) is 5.91 Å². The molecule has 2 aromatic rings. The summed E-state index contributed by atoms with van der Waals surface area (Å²) in [5, 5.41) is 5.99. The summed E-state index contributed by atoms with van der Waals surface area (Å²) in [7, 11) is 0. The summed E-state index contributed by atoms with van der Waals surface area (Å²) in [5.41, 5.74) is 2.52. The van der Waals surface area contributed by atoms with Crippen LogP contribution in [0.4, 0.5) is 5.13 Å². The standard InChI is InChI=1S/C14H15ClN2OS/c1-3-4-11-8-19-14(16-11)17-13(18)10-6-5-9(2)12(15)7-10/h5-8H,3-4H2,1-2H3,(H,16,17,18). The number of thiazole rings is 1. The van der Waals surface area contributed by atoms with E-state index in [-0.39, 0.29) is 5.91 Å². The predicted molar refractivity (Wildman–Crippen MR) is 80.3 cm³/mol. The third kappa shape index (κ3) is 3.55. The van der Waals surface area contributed by atoms with Crippen LogP contribution < -0.4 is 5.32 Å². The first kappa shape index (κ1) is 14.0. The second-order valence-electron chi connectivity index (χ2n) is 4.31. The summed E-state index contributed by atoms with van der Waals surface area (Å²) in [6, 6.07) is 5.27. The highest BCUT2D eigenvalue weighted by Crippen LogP contribution is 2.20. The van der Waals surface area contributed by atoms with Gasteiger partial charge in [-0.25, -0.2) is 4.98 Å². The smallest absolute Gasteiger partial charge is 0.257 e. The molecule has 1 amide bonds. The topological polar surface area (TPSA) is 42.0 Å². The first-order valence-corrected chi connectivity index (χ1v) is 7.38. The minimum atomic E-state index is -0.181. The van der Waals surface area contributed by atoms with E-state index in [2.05, 4.69) is 17.2 Å². The predicted octanol–water partition coefficient (Wildman–Crippen LogP) is 4.31. The van der Waals surface area contributed by atoms with Crippen molar-refractivity contribution in [2.75, 3.05) is 5.32 Å². The zero-order chi connectivity index (χ0) is 13.8. The Hall–Kier alpha value is -1.39. The van der Waals surface area contributed by atoms with Crippen LogP contribution in [0, 0.1) is 6.92 Å². The Labute approximate surface area is 121 Å². The van der Waals surface area contributed by atoms with Crippen LogP contribution >= 0.6 is 22.9 Å². The molecule has 19 heavy (non-hydrogen) atoms. The number of amides is 1. The fraction of sp³-hybridized carbons (Fsp3) is 0.286. The Morgan fingerprint density at radius 2 is 2.26 bits per heavy atom. The molecule has 1 N–H and O–H groups in total. The van der Waals surface area contributed by atoms with E-state index in [1.165, 1.54) is 11.3 Å². The number of benzene rings is 1. The van der Waals surface area contributed by atoms with Gasteiger partial charge >= 0.3 is 0 Å². The molecule has 0 atom stereocenters. The third-order valence-corrected chi connectivity index (χ3v) is 3.93. The van der Waals surface area contributed by atoms with Crippen LogP contribution in [0.2, 0.25) is 5.02 Å². The summed E-state index contributed by atoms with van der Waals surface area (Å²) in [6.45, 7) is 4.01. The Morgan fingerprint density at radius 1 is 1.47 bits per heavy atom. The Kier molecular flexibility index (Phi) is 4.56. The molecule has 0 radical (unpaired) electrons. The summed E-state index contributed by atoms with van der Waals surface area (Å²) in [5.74, 6) is -0.181. The van der Waals surface area contributed by atoms with Crippen molar-refractivity contribution < 1.29 is 4.79 Å². The van der Waals surface area contributed by atoms with E-state index >= 15 is 0 Å². The highest BCUT2D eigenvalue weighted by molar-refractivity contribution is 7.13. The van der Waals surface area contributed by atoms with E-state index < -0.39 is 0 Å². The van der Waals surface area contributed by atoms with Crippen LogP contribution in [-0.4, -0.2) is 10.9 Å². The summed E-state index contributed by atoms with van der Waals surface area (Å²) in [4.78, 5) is 16.4. The number of hydrogen-bond acceptors (Lipinski definition) is 3. The van der Waals surface area contributed by atoms with E-state index in [0.29, 0.717) is 15.7 Å². The Balaban J connectivity index is 2.09. The molecule has 0 aliphatic rings. The van der Waals surface area contributed by atoms with Crippen molar-refractivity contribution in [3.8, 4) is 0 Å². The van der Waals surface area contributed by atoms with E-state index in [0.717, 1.165) is 24.1 Å². The number of carbonyl (C=O) groups excluding carboxylic acids is 1.